The lowest BCUT2D eigenvalue weighted by Crippen LogP contribution is -2.44. The van der Waals surface area contributed by atoms with Gasteiger partial charge in [0.25, 0.3) is 5.91 Å². The lowest BCUT2D eigenvalue weighted by Gasteiger charge is -2.12. The van der Waals surface area contributed by atoms with E-state index in [1.165, 1.54) is 13.2 Å². The standard InChI is InChI=1S/C15H20N2O5/c1-4-10(2)16-15(20)17-13(18)9-22-12-7-5-6-11(8-12)14(19)21-3/h5-8,10H,4,9H2,1-3H3,(H2,16,17,18,20)/t10-/m1/s1. The fourth-order valence-corrected chi connectivity index (χ4v) is 1.50. The minimum Gasteiger partial charge on any atom is -0.484 e. The minimum absolute atomic E-state index is 0.0227. The molecule has 7 nitrogen and oxygen atoms in total. The first-order valence-corrected chi connectivity index (χ1v) is 6.87. The maximum absolute atomic E-state index is 11.6. The zero-order valence-electron chi connectivity index (χ0n) is 12.8. The SMILES string of the molecule is CC[C@@H](C)NC(=O)NC(=O)COc1cccc(C(=O)OC)c1. The van der Waals surface area contributed by atoms with Gasteiger partial charge in [-0.15, -0.1) is 0 Å². The van der Waals surface area contributed by atoms with Crippen LogP contribution in [-0.4, -0.2) is 37.7 Å². The number of hydrogen-bond donors (Lipinski definition) is 2. The van der Waals surface area contributed by atoms with Crippen LogP contribution in [0.3, 0.4) is 0 Å². The summed E-state index contributed by atoms with van der Waals surface area (Å²) in [7, 11) is 1.28. The van der Waals surface area contributed by atoms with Gasteiger partial charge < -0.3 is 14.8 Å². The number of carbonyl (C=O) groups is 3. The average Bonchev–Trinajstić information content (AvgIpc) is 2.52. The first kappa shape index (κ1) is 17.5. The first-order chi connectivity index (χ1) is 10.5. The monoisotopic (exact) mass is 308 g/mol. The zero-order valence-corrected chi connectivity index (χ0v) is 12.8. The van der Waals surface area contributed by atoms with E-state index in [1.54, 1.807) is 18.2 Å². The molecule has 1 aromatic rings. The van der Waals surface area contributed by atoms with E-state index in [9.17, 15) is 14.4 Å². The van der Waals surface area contributed by atoms with E-state index in [1.807, 2.05) is 13.8 Å². The summed E-state index contributed by atoms with van der Waals surface area (Å²) in [6, 6.07) is 5.64. The van der Waals surface area contributed by atoms with Crippen molar-refractivity contribution in [3.8, 4) is 5.75 Å². The van der Waals surface area contributed by atoms with Crippen molar-refractivity contribution in [2.45, 2.75) is 26.3 Å². The fourth-order valence-electron chi connectivity index (χ4n) is 1.50. The van der Waals surface area contributed by atoms with E-state index in [0.717, 1.165) is 6.42 Å². The predicted molar refractivity (Wildman–Crippen MR) is 79.7 cm³/mol. The number of urea groups is 1. The average molecular weight is 308 g/mol. The van der Waals surface area contributed by atoms with Gasteiger partial charge in [0.2, 0.25) is 0 Å². The third-order valence-corrected chi connectivity index (χ3v) is 2.87. The van der Waals surface area contributed by atoms with Gasteiger partial charge in [-0.3, -0.25) is 10.1 Å². The smallest absolute Gasteiger partial charge is 0.337 e. The number of nitrogens with one attached hydrogen (secondary N) is 2. The number of amides is 3. The number of hydrogen-bond acceptors (Lipinski definition) is 5. The van der Waals surface area contributed by atoms with Crippen LogP contribution in [0.5, 0.6) is 5.75 Å². The van der Waals surface area contributed by atoms with Crippen molar-refractivity contribution in [2.75, 3.05) is 13.7 Å². The van der Waals surface area contributed by atoms with Crippen LogP contribution < -0.4 is 15.4 Å². The van der Waals surface area contributed by atoms with E-state index in [2.05, 4.69) is 15.4 Å². The molecule has 0 aliphatic rings. The number of methoxy groups -OCH3 is 1. The molecule has 7 heteroatoms. The zero-order chi connectivity index (χ0) is 16.5. The molecule has 2 N–H and O–H groups in total. The molecule has 0 aromatic heterocycles. The molecule has 0 saturated heterocycles. The molecule has 1 aromatic carbocycles. The van der Waals surface area contributed by atoms with Crippen molar-refractivity contribution in [3.05, 3.63) is 29.8 Å². The van der Waals surface area contributed by atoms with Gasteiger partial charge in [0.1, 0.15) is 5.75 Å². The number of benzene rings is 1. The molecular weight excluding hydrogens is 288 g/mol. The molecule has 0 saturated carbocycles. The Balaban J connectivity index is 2.47. The maximum atomic E-state index is 11.6. The third-order valence-electron chi connectivity index (χ3n) is 2.87. The van der Waals surface area contributed by atoms with Gasteiger partial charge in [0, 0.05) is 6.04 Å². The summed E-state index contributed by atoms with van der Waals surface area (Å²) in [6.45, 7) is 3.42. The van der Waals surface area contributed by atoms with E-state index in [0.29, 0.717) is 11.3 Å². The minimum atomic E-state index is -0.579. The van der Waals surface area contributed by atoms with Crippen LogP contribution in [0.4, 0.5) is 4.79 Å². The van der Waals surface area contributed by atoms with Crippen molar-refractivity contribution in [1.82, 2.24) is 10.6 Å². The summed E-state index contributed by atoms with van der Waals surface area (Å²) in [5, 5.41) is 4.76. The second-order valence-electron chi connectivity index (χ2n) is 4.64. The highest BCUT2D eigenvalue weighted by atomic mass is 16.5. The van der Waals surface area contributed by atoms with E-state index < -0.39 is 17.9 Å². The number of carbonyl (C=O) groups excluding carboxylic acids is 3. The highest BCUT2D eigenvalue weighted by Crippen LogP contribution is 2.13. The normalized spacial score (nSPS) is 11.2. The second kappa shape index (κ2) is 8.66. The molecule has 1 rings (SSSR count). The second-order valence-corrected chi connectivity index (χ2v) is 4.64. The van der Waals surface area contributed by atoms with Gasteiger partial charge >= 0.3 is 12.0 Å². The predicted octanol–water partition coefficient (Wildman–Crippen LogP) is 1.48. The Morgan fingerprint density at radius 2 is 2.00 bits per heavy atom. The van der Waals surface area contributed by atoms with Gasteiger partial charge in [-0.25, -0.2) is 9.59 Å². The van der Waals surface area contributed by atoms with Gasteiger partial charge in [-0.2, -0.15) is 0 Å². The first-order valence-electron chi connectivity index (χ1n) is 6.87. The Labute approximate surface area is 129 Å². The lowest BCUT2D eigenvalue weighted by molar-refractivity contribution is -0.122. The summed E-state index contributed by atoms with van der Waals surface area (Å²) in [5.41, 5.74) is 0.315. The van der Waals surface area contributed by atoms with E-state index >= 15 is 0 Å². The molecule has 0 bridgehead atoms. The van der Waals surface area contributed by atoms with Crippen molar-refractivity contribution >= 4 is 17.9 Å². The molecule has 0 unspecified atom stereocenters. The van der Waals surface area contributed by atoms with Crippen LogP contribution in [0.2, 0.25) is 0 Å². The van der Waals surface area contributed by atoms with Crippen molar-refractivity contribution < 1.29 is 23.9 Å². The topological polar surface area (TPSA) is 93.7 Å². The molecule has 0 aliphatic carbocycles. The van der Waals surface area contributed by atoms with Crippen LogP contribution in [-0.2, 0) is 9.53 Å². The summed E-state index contributed by atoms with van der Waals surface area (Å²) in [6.07, 6.45) is 0.762. The molecule has 22 heavy (non-hydrogen) atoms. The molecule has 0 heterocycles. The molecule has 0 fully saturated rings. The largest absolute Gasteiger partial charge is 0.484 e. The Morgan fingerprint density at radius 1 is 1.27 bits per heavy atom. The van der Waals surface area contributed by atoms with Crippen LogP contribution in [0.1, 0.15) is 30.6 Å². The highest BCUT2D eigenvalue weighted by molar-refractivity contribution is 5.95. The third kappa shape index (κ3) is 5.82. The number of ether oxygens (including phenoxy) is 2. The van der Waals surface area contributed by atoms with Gasteiger partial charge in [-0.05, 0) is 31.5 Å². The van der Waals surface area contributed by atoms with Crippen LogP contribution >= 0.6 is 0 Å². The lowest BCUT2D eigenvalue weighted by atomic mass is 10.2. The molecule has 0 spiro atoms. The molecule has 0 aliphatic heterocycles. The molecule has 1 atom stereocenters. The van der Waals surface area contributed by atoms with Gasteiger partial charge in [0.05, 0.1) is 12.7 Å². The molecule has 3 amide bonds. The van der Waals surface area contributed by atoms with Crippen molar-refractivity contribution in [2.24, 2.45) is 0 Å². The quantitative estimate of drug-likeness (QED) is 0.776. The van der Waals surface area contributed by atoms with Gasteiger partial charge in [0.15, 0.2) is 6.61 Å². The summed E-state index contributed by atoms with van der Waals surface area (Å²) < 4.78 is 9.83. The number of rotatable bonds is 6. The summed E-state index contributed by atoms with van der Waals surface area (Å²) in [5.74, 6) is -0.743. The Hall–Kier alpha value is -2.57. The van der Waals surface area contributed by atoms with Crippen molar-refractivity contribution in [1.29, 1.82) is 0 Å². The van der Waals surface area contributed by atoms with Gasteiger partial charge in [-0.1, -0.05) is 13.0 Å². The fraction of sp³-hybridized carbons (Fsp3) is 0.400. The molecule has 120 valence electrons. The van der Waals surface area contributed by atoms with Crippen LogP contribution in [0, 0.1) is 0 Å². The van der Waals surface area contributed by atoms with Crippen LogP contribution in [0.15, 0.2) is 24.3 Å². The van der Waals surface area contributed by atoms with E-state index in [4.69, 9.17) is 4.74 Å². The Morgan fingerprint density at radius 3 is 2.64 bits per heavy atom. The molecule has 0 radical (unpaired) electrons. The van der Waals surface area contributed by atoms with E-state index in [-0.39, 0.29) is 12.6 Å². The maximum Gasteiger partial charge on any atom is 0.337 e. The summed E-state index contributed by atoms with van der Waals surface area (Å²) >= 11 is 0. The Kier molecular flexibility index (Phi) is 6.88. The number of imide groups is 1. The Bertz CT molecular complexity index is 544. The number of esters is 1. The molecular formula is C15H20N2O5. The van der Waals surface area contributed by atoms with Crippen molar-refractivity contribution in [3.63, 3.8) is 0 Å². The summed E-state index contributed by atoms with van der Waals surface area (Å²) in [4.78, 5) is 34.4. The highest BCUT2D eigenvalue weighted by Gasteiger charge is 2.11. The van der Waals surface area contributed by atoms with Crippen LogP contribution in [0.25, 0.3) is 0 Å².